The Morgan fingerprint density at radius 2 is 1.39 bits per heavy atom. The van der Waals surface area contributed by atoms with Crippen molar-refractivity contribution >= 4 is 24.0 Å². The van der Waals surface area contributed by atoms with E-state index in [-0.39, 0.29) is 32.6 Å². The monoisotopic (exact) mass is 427 g/mol. The fourth-order valence-corrected chi connectivity index (χ4v) is 2.60. The Morgan fingerprint density at radius 3 is 1.94 bits per heavy atom. The van der Waals surface area contributed by atoms with E-state index in [9.17, 15) is 19.2 Å². The smallest absolute Gasteiger partial charge is 0.445 e. The first kappa shape index (κ1) is 23.6. The number of ketones is 1. The number of Topliss-reactive ketones (excluding diaryl/α,β-unsaturated/α-hetero) is 1. The van der Waals surface area contributed by atoms with Gasteiger partial charge in [-0.15, -0.1) is 0 Å². The highest BCUT2D eigenvalue weighted by molar-refractivity contribution is 5.90. The molecule has 1 unspecified atom stereocenters. The molecule has 0 aliphatic carbocycles. The van der Waals surface area contributed by atoms with Gasteiger partial charge in [-0.1, -0.05) is 67.6 Å². The summed E-state index contributed by atoms with van der Waals surface area (Å²) >= 11 is 0. The number of esters is 1. The summed E-state index contributed by atoms with van der Waals surface area (Å²) in [6, 6.07) is 18.0. The second kappa shape index (κ2) is 12.8. The predicted octanol–water partition coefficient (Wildman–Crippen LogP) is 3.78. The molecule has 1 amide bonds. The Balaban J connectivity index is 1.68. The zero-order chi connectivity index (χ0) is 22.5. The molecular formula is C23H25NO7. The average molecular weight is 427 g/mol. The topological polar surface area (TPSA) is 108 Å². The summed E-state index contributed by atoms with van der Waals surface area (Å²) in [5, 5.41) is 2.35. The van der Waals surface area contributed by atoms with Crippen LogP contribution in [-0.4, -0.2) is 30.5 Å². The summed E-state index contributed by atoms with van der Waals surface area (Å²) in [6.45, 7) is 1.44. The molecule has 31 heavy (non-hydrogen) atoms. The summed E-state index contributed by atoms with van der Waals surface area (Å²) in [4.78, 5) is 47.7. The number of hydrogen-bond donors (Lipinski definition) is 1. The summed E-state index contributed by atoms with van der Waals surface area (Å²) in [5.41, 5.74) is 1.57. The molecule has 2 aromatic carbocycles. The number of carbonyl (C=O) groups excluding carboxylic acids is 4. The molecule has 0 heterocycles. The molecule has 2 aromatic rings. The number of hydrogen-bond acceptors (Lipinski definition) is 7. The number of carbonyl (C=O) groups is 4. The SMILES string of the molecule is CCC(CC(=O)CNC(=O)OCc1ccccc1)C(=O)OC(=O)OCc1ccccc1. The Morgan fingerprint density at radius 1 is 0.839 bits per heavy atom. The Hall–Kier alpha value is -3.68. The van der Waals surface area contributed by atoms with Gasteiger partial charge in [-0.25, -0.2) is 9.59 Å². The van der Waals surface area contributed by atoms with E-state index in [2.05, 4.69) is 10.1 Å². The normalized spacial score (nSPS) is 11.1. The van der Waals surface area contributed by atoms with Crippen molar-refractivity contribution in [3.63, 3.8) is 0 Å². The Bertz CT molecular complexity index is 868. The van der Waals surface area contributed by atoms with Crippen molar-refractivity contribution in [2.24, 2.45) is 5.92 Å². The first-order valence-electron chi connectivity index (χ1n) is 9.86. The van der Waals surface area contributed by atoms with Crippen LogP contribution >= 0.6 is 0 Å². The minimum atomic E-state index is -1.12. The lowest BCUT2D eigenvalue weighted by molar-refractivity contribution is -0.146. The summed E-state index contributed by atoms with van der Waals surface area (Å²) in [7, 11) is 0. The van der Waals surface area contributed by atoms with Crippen molar-refractivity contribution < 1.29 is 33.4 Å². The molecule has 1 atom stereocenters. The van der Waals surface area contributed by atoms with E-state index < -0.39 is 29.9 Å². The maximum atomic E-state index is 12.1. The molecule has 1 N–H and O–H groups in total. The van der Waals surface area contributed by atoms with Crippen LogP contribution in [0.15, 0.2) is 60.7 Å². The van der Waals surface area contributed by atoms with Crippen LogP contribution in [0, 0.1) is 5.92 Å². The minimum absolute atomic E-state index is 0.0301. The van der Waals surface area contributed by atoms with E-state index in [1.165, 1.54) is 0 Å². The number of amides is 1. The number of rotatable bonds is 10. The number of alkyl carbamates (subject to hydrolysis) is 1. The van der Waals surface area contributed by atoms with Gasteiger partial charge in [0.15, 0.2) is 5.78 Å². The van der Waals surface area contributed by atoms with E-state index in [0.717, 1.165) is 11.1 Å². The highest BCUT2D eigenvalue weighted by atomic mass is 16.7. The molecule has 0 saturated carbocycles. The molecule has 0 aliphatic heterocycles. The standard InChI is InChI=1S/C23H25NO7/c1-2-19(21(26)31-23(28)30-16-18-11-7-4-8-12-18)13-20(25)14-24-22(27)29-15-17-9-5-3-6-10-17/h3-12,19H,2,13-16H2,1H3,(H,24,27). The van der Waals surface area contributed by atoms with Gasteiger partial charge in [-0.05, 0) is 17.5 Å². The average Bonchev–Trinajstić information content (AvgIpc) is 2.79. The third-order valence-corrected chi connectivity index (χ3v) is 4.33. The molecule has 0 fully saturated rings. The second-order valence-electron chi connectivity index (χ2n) is 6.71. The number of benzene rings is 2. The lowest BCUT2D eigenvalue weighted by Crippen LogP contribution is -2.32. The Labute approximate surface area is 180 Å². The molecule has 0 spiro atoms. The van der Waals surface area contributed by atoms with Gasteiger partial charge in [0.25, 0.3) is 0 Å². The summed E-state index contributed by atoms with van der Waals surface area (Å²) in [6.07, 6.45) is -1.75. The van der Waals surface area contributed by atoms with E-state index in [1.54, 1.807) is 43.3 Å². The van der Waals surface area contributed by atoms with Gasteiger partial charge < -0.3 is 19.5 Å². The number of nitrogens with one attached hydrogen (secondary N) is 1. The highest BCUT2D eigenvalue weighted by Crippen LogP contribution is 2.12. The van der Waals surface area contributed by atoms with Crippen molar-refractivity contribution in [1.82, 2.24) is 5.32 Å². The van der Waals surface area contributed by atoms with E-state index >= 15 is 0 Å². The van der Waals surface area contributed by atoms with E-state index in [4.69, 9.17) is 9.47 Å². The fraction of sp³-hybridized carbons (Fsp3) is 0.304. The van der Waals surface area contributed by atoms with Gasteiger partial charge in [-0.2, -0.15) is 0 Å². The van der Waals surface area contributed by atoms with Crippen molar-refractivity contribution in [2.45, 2.75) is 33.0 Å². The molecule has 0 saturated heterocycles. The zero-order valence-electron chi connectivity index (χ0n) is 17.2. The molecule has 8 nitrogen and oxygen atoms in total. The lowest BCUT2D eigenvalue weighted by atomic mass is 10.00. The molecule has 0 bridgehead atoms. The molecular weight excluding hydrogens is 402 g/mol. The van der Waals surface area contributed by atoms with Crippen molar-refractivity contribution in [2.75, 3.05) is 6.54 Å². The predicted molar refractivity (Wildman–Crippen MR) is 111 cm³/mol. The fourth-order valence-electron chi connectivity index (χ4n) is 2.60. The van der Waals surface area contributed by atoms with Gasteiger partial charge in [0, 0.05) is 6.42 Å². The molecule has 2 rings (SSSR count). The molecule has 164 valence electrons. The van der Waals surface area contributed by atoms with Gasteiger partial charge >= 0.3 is 18.2 Å². The zero-order valence-corrected chi connectivity index (χ0v) is 17.2. The van der Waals surface area contributed by atoms with Gasteiger partial charge in [0.1, 0.15) is 13.2 Å². The molecule has 8 heteroatoms. The second-order valence-corrected chi connectivity index (χ2v) is 6.71. The van der Waals surface area contributed by atoms with Crippen LogP contribution in [0.1, 0.15) is 30.9 Å². The minimum Gasteiger partial charge on any atom is -0.445 e. The van der Waals surface area contributed by atoms with Crippen LogP contribution in [-0.2, 0) is 37.0 Å². The van der Waals surface area contributed by atoms with E-state index in [0.29, 0.717) is 0 Å². The van der Waals surface area contributed by atoms with Crippen molar-refractivity contribution in [3.8, 4) is 0 Å². The lowest BCUT2D eigenvalue weighted by Gasteiger charge is -2.13. The molecule has 0 aromatic heterocycles. The van der Waals surface area contributed by atoms with Crippen LogP contribution in [0.2, 0.25) is 0 Å². The quantitative estimate of drug-likeness (QED) is 0.454. The van der Waals surface area contributed by atoms with Crippen LogP contribution < -0.4 is 5.32 Å². The van der Waals surface area contributed by atoms with Gasteiger partial charge in [-0.3, -0.25) is 9.59 Å². The van der Waals surface area contributed by atoms with E-state index in [1.807, 2.05) is 24.3 Å². The van der Waals surface area contributed by atoms with Crippen molar-refractivity contribution in [1.29, 1.82) is 0 Å². The maximum Gasteiger partial charge on any atom is 0.516 e. The summed E-state index contributed by atoms with van der Waals surface area (Å²) < 4.78 is 14.6. The number of ether oxygens (including phenoxy) is 3. The first-order valence-corrected chi connectivity index (χ1v) is 9.86. The highest BCUT2D eigenvalue weighted by Gasteiger charge is 2.25. The van der Waals surface area contributed by atoms with Gasteiger partial charge in [0.2, 0.25) is 0 Å². The van der Waals surface area contributed by atoms with Crippen LogP contribution in [0.25, 0.3) is 0 Å². The van der Waals surface area contributed by atoms with Crippen LogP contribution in [0.3, 0.4) is 0 Å². The van der Waals surface area contributed by atoms with Crippen molar-refractivity contribution in [3.05, 3.63) is 71.8 Å². The maximum absolute atomic E-state index is 12.1. The third kappa shape index (κ3) is 9.12. The third-order valence-electron chi connectivity index (χ3n) is 4.33. The Kier molecular flexibility index (Phi) is 9.74. The van der Waals surface area contributed by atoms with Crippen LogP contribution in [0.5, 0.6) is 0 Å². The van der Waals surface area contributed by atoms with Gasteiger partial charge in [0.05, 0.1) is 12.5 Å². The first-order chi connectivity index (χ1) is 15.0. The van der Waals surface area contributed by atoms with Crippen LogP contribution in [0.4, 0.5) is 9.59 Å². The molecule has 0 radical (unpaired) electrons. The molecule has 0 aliphatic rings. The summed E-state index contributed by atoms with van der Waals surface area (Å²) in [5.74, 6) is -2.06. The largest absolute Gasteiger partial charge is 0.516 e.